The van der Waals surface area contributed by atoms with Crippen LogP contribution in [0.4, 0.5) is 22.7 Å². The topological polar surface area (TPSA) is 844 Å². The average Bonchev–Trinajstić information content (AvgIpc) is 0.772. The molecule has 14 amide bonds. The Morgan fingerprint density at radius 1 is 0.383 bits per heavy atom. The predicted molar refractivity (Wildman–Crippen MR) is 544 cm³/mol. The van der Waals surface area contributed by atoms with Crippen LogP contribution in [0.1, 0.15) is 167 Å². The molecule has 13 unspecified atom stereocenters. The van der Waals surface area contributed by atoms with Crippen molar-refractivity contribution >= 4 is 168 Å². The zero-order valence-electron chi connectivity index (χ0n) is 84.1. The van der Waals surface area contributed by atoms with Crippen LogP contribution in [0.3, 0.4) is 0 Å². The molecule has 32 N–H and O–H groups in total. The molecule has 0 bridgehead atoms. The molecule has 0 aliphatic heterocycles. The summed E-state index contributed by atoms with van der Waals surface area (Å²) in [5.74, 6) is -25.3. The van der Waals surface area contributed by atoms with Gasteiger partial charge in [0.25, 0.3) is 5.91 Å². The Morgan fingerprint density at radius 3 is 1.36 bits per heavy atom. The Kier molecular flexibility index (Phi) is 51.3. The maximum absolute atomic E-state index is 14.8. The average molecular weight is 2100 g/mol. The van der Waals surface area contributed by atoms with Gasteiger partial charge in [-0.05, 0) is 162 Å². The molecule has 0 saturated carbocycles. The summed E-state index contributed by atoms with van der Waals surface area (Å²) < 4.78 is 31.3. The van der Waals surface area contributed by atoms with E-state index in [-0.39, 0.29) is 107 Å². The second-order valence-corrected chi connectivity index (χ2v) is 38.1. The molecule has 0 radical (unpaired) electrons. The minimum Gasteiger partial charge on any atom is -0.481 e. The van der Waals surface area contributed by atoms with Crippen molar-refractivity contribution in [3.63, 3.8) is 0 Å². The molecule has 814 valence electrons. The largest absolute Gasteiger partial charge is 0.481 e. The van der Waals surface area contributed by atoms with Gasteiger partial charge in [-0.15, -0.1) is 0 Å². The number of benzene rings is 5. The fraction of sp³-hybridized carbons (Fsp3) is 0.490. The molecule has 0 fully saturated rings. The van der Waals surface area contributed by atoms with E-state index in [4.69, 9.17) is 33.8 Å². The molecular formula is C96H138N26O26S. The van der Waals surface area contributed by atoms with Gasteiger partial charge in [0, 0.05) is 100 Å². The molecule has 53 heteroatoms. The third kappa shape index (κ3) is 44.4. The van der Waals surface area contributed by atoms with Crippen molar-refractivity contribution in [2.75, 3.05) is 57.0 Å². The fourth-order valence-corrected chi connectivity index (χ4v) is 16.3. The molecule has 0 spiro atoms. The van der Waals surface area contributed by atoms with Gasteiger partial charge in [-0.3, -0.25) is 97.1 Å². The third-order valence-electron chi connectivity index (χ3n) is 22.8. The van der Waals surface area contributed by atoms with E-state index in [1.807, 2.05) is 31.1 Å². The third-order valence-corrected chi connectivity index (χ3v) is 24.4. The number of amides is 14. The number of azo groups is 1. The van der Waals surface area contributed by atoms with Gasteiger partial charge in [0.1, 0.15) is 72.5 Å². The first-order valence-corrected chi connectivity index (χ1v) is 49.5. The van der Waals surface area contributed by atoms with Crippen LogP contribution in [0.25, 0.3) is 10.8 Å². The standard InChI is InChI=1S/C96H138N26O26S/c1-51(2)47-69(113-91(142)71(49-74(98)123)116-92(143)79(52(3)4)118-93(144)80(53(5)6)117-87(138)67(38-41-77(128)129)121-149(147,148)73-27-16-21-60-61(73)22-15-25-63(60)103-45-46-105-84(135)65(36-39-75(124)125)110-83(134)62(97)23-17-43-106-95(99)100)89(140)115-72(50-78(130)131)88(139)108-54(7)81(132)109-66(37-40-76(126)127)86(137)114-70(48-55-19-11-10-12-20-55)90(141)111-64(85(136)112-68(94(145)146)26-18-44-107-96(101)102)24-13-14-42-104-82(133)56-28-30-57(31-29-56)119-120-58-32-34-59(35-33-58)122(8)9/h10-12,15-16,19-22,25,27-35,51-54,62,64-72,79-80,103,121H,13-14,17-18,23-24,26,36-50,97H2,1-9H3,(H2,98,123)(H,104,133)(H,105,135)(H,108,139)(H,109,132)(H,110,134)(H,111,141)(H,112,136)(H,113,142)(H,114,137)(H,115,140)(H,116,143)(H,117,138)(H,118,144)(H,124,125)(H,126,127)(H,128,129)(H,130,131)(H,145,146)(H4,99,100,106)(H4,101,102,107). The van der Waals surface area contributed by atoms with E-state index in [1.54, 1.807) is 80.6 Å². The Bertz CT molecular complexity index is 5660. The van der Waals surface area contributed by atoms with Gasteiger partial charge in [-0.1, -0.05) is 96.1 Å². The molecule has 0 heterocycles. The van der Waals surface area contributed by atoms with Crippen molar-refractivity contribution in [2.45, 2.75) is 241 Å². The number of nitrogens with one attached hydrogen (secondary N) is 19. The molecule has 52 nitrogen and oxygen atoms in total. The number of primary amides is 1. The van der Waals surface area contributed by atoms with Crippen LogP contribution in [0.5, 0.6) is 0 Å². The number of nitrogens with zero attached hydrogens (tertiary/aromatic N) is 3. The van der Waals surface area contributed by atoms with Crippen molar-refractivity contribution in [2.24, 2.45) is 50.9 Å². The Balaban J connectivity index is 1.29. The highest BCUT2D eigenvalue weighted by Crippen LogP contribution is 2.30. The van der Waals surface area contributed by atoms with E-state index in [1.165, 1.54) is 64.1 Å². The number of aliphatic carboxylic acids is 5. The highest BCUT2D eigenvalue weighted by Gasteiger charge is 2.40. The maximum atomic E-state index is 14.8. The van der Waals surface area contributed by atoms with Crippen molar-refractivity contribution in [1.82, 2.24) is 84.5 Å². The number of carboxylic acid groups (broad SMARTS) is 5. The van der Waals surface area contributed by atoms with Crippen molar-refractivity contribution < 1.29 is 125 Å². The van der Waals surface area contributed by atoms with Crippen LogP contribution in [-0.4, -0.2) is 284 Å². The fourth-order valence-electron chi connectivity index (χ4n) is 14.8. The zero-order valence-corrected chi connectivity index (χ0v) is 84.9. The van der Waals surface area contributed by atoms with Crippen molar-refractivity contribution in [1.29, 1.82) is 10.8 Å². The van der Waals surface area contributed by atoms with E-state index in [2.05, 4.69) is 100 Å². The summed E-state index contributed by atoms with van der Waals surface area (Å²) in [6.07, 6.45) is -6.16. The number of carbonyl (C=O) groups is 19. The SMILES string of the molecule is CC(C)CC(NC(=O)C(CC(N)=O)NC(=O)C(NC(=O)C(NC(=O)C(CCC(=O)O)NS(=O)(=O)c1cccc2c(NCCNC(=O)C(CCC(=O)O)NC(=O)C(N)CCCNC(=N)N)cccc12)C(C)C)C(C)C)C(=O)NC(CC(=O)O)C(=O)NC(C)C(=O)NC(CCC(=O)O)C(=O)NC(Cc1ccccc1)C(=O)NC(CCCCNC(=O)c1ccc(N=Nc2ccc(N(C)C)cc2)cc1)C(=O)NC(CCCNC(=N)N)C(=O)O. The summed E-state index contributed by atoms with van der Waals surface area (Å²) in [6, 6.07) is 8.31. The summed E-state index contributed by atoms with van der Waals surface area (Å²) >= 11 is 0. The Hall–Kier alpha value is -16.1. The van der Waals surface area contributed by atoms with E-state index in [0.29, 0.717) is 34.4 Å². The van der Waals surface area contributed by atoms with Gasteiger partial charge < -0.3 is 138 Å². The van der Waals surface area contributed by atoms with Crippen LogP contribution in [0, 0.1) is 28.6 Å². The number of unbranched alkanes of at least 4 members (excludes halogenated alkanes) is 1. The number of hydrogen-bond acceptors (Lipinski definition) is 28. The first-order chi connectivity index (χ1) is 70.2. The van der Waals surface area contributed by atoms with Gasteiger partial charge in [-0.25, -0.2) is 13.2 Å². The van der Waals surface area contributed by atoms with Crippen LogP contribution >= 0.6 is 0 Å². The Labute approximate surface area is 859 Å². The molecule has 0 saturated heterocycles. The van der Waals surface area contributed by atoms with Gasteiger partial charge >= 0.3 is 29.8 Å². The van der Waals surface area contributed by atoms with Crippen molar-refractivity contribution in [3.05, 3.63) is 126 Å². The molecular weight excluding hydrogens is 1970 g/mol. The molecule has 0 aliphatic carbocycles. The molecule has 13 atom stereocenters. The van der Waals surface area contributed by atoms with E-state index >= 15 is 0 Å². The molecule has 0 aliphatic rings. The lowest BCUT2D eigenvalue weighted by Gasteiger charge is -2.30. The molecule has 0 aromatic heterocycles. The summed E-state index contributed by atoms with van der Waals surface area (Å²) in [7, 11) is -1.04. The lowest BCUT2D eigenvalue weighted by atomic mass is 9.98. The molecule has 5 rings (SSSR count). The highest BCUT2D eigenvalue weighted by molar-refractivity contribution is 7.89. The molecule has 5 aromatic carbocycles. The molecule has 149 heavy (non-hydrogen) atoms. The minimum absolute atomic E-state index is 0.0203. The van der Waals surface area contributed by atoms with Gasteiger partial charge in [0.15, 0.2) is 11.9 Å². The number of anilines is 2. The summed E-state index contributed by atoms with van der Waals surface area (Å²) in [5.41, 5.74) is 25.3. The molecule has 5 aromatic rings. The smallest absolute Gasteiger partial charge is 0.326 e. The number of fused-ring (bicyclic) bond motifs is 1. The minimum atomic E-state index is -4.84. The first kappa shape index (κ1) is 123. The van der Waals surface area contributed by atoms with E-state index in [0.717, 1.165) is 12.6 Å². The normalized spacial score (nSPS) is 13.9. The summed E-state index contributed by atoms with van der Waals surface area (Å²) in [5, 5.41) is 113. The first-order valence-electron chi connectivity index (χ1n) is 48.0. The number of sulfonamides is 1. The number of guanidine groups is 2. The monoisotopic (exact) mass is 2100 g/mol. The number of hydrogen-bond donors (Lipinski definition) is 28. The highest BCUT2D eigenvalue weighted by atomic mass is 32.2. The second kappa shape index (κ2) is 62.0. The summed E-state index contributed by atoms with van der Waals surface area (Å²) in [6.45, 7) is 10.2. The number of nitrogens with two attached hydrogens (primary N) is 4. The van der Waals surface area contributed by atoms with Gasteiger partial charge in [0.05, 0.1) is 35.2 Å². The van der Waals surface area contributed by atoms with Crippen LogP contribution in [0.15, 0.2) is 130 Å². The van der Waals surface area contributed by atoms with Crippen molar-refractivity contribution in [3.8, 4) is 0 Å². The van der Waals surface area contributed by atoms with Crippen LogP contribution < -0.4 is 118 Å². The second-order valence-electron chi connectivity index (χ2n) is 36.4. The predicted octanol–water partition coefficient (Wildman–Crippen LogP) is -1.07. The van der Waals surface area contributed by atoms with E-state index < -0.39 is 275 Å². The Morgan fingerprint density at radius 2 is 0.819 bits per heavy atom. The van der Waals surface area contributed by atoms with Gasteiger partial charge in [0.2, 0.25) is 86.8 Å². The quantitative estimate of drug-likeness (QED) is 0.00954. The number of carbonyl (C=O) groups excluding carboxylic acids is 14. The van der Waals surface area contributed by atoms with Gasteiger partial charge in [-0.2, -0.15) is 15.0 Å². The summed E-state index contributed by atoms with van der Waals surface area (Å²) in [4.78, 5) is 259. The lowest BCUT2D eigenvalue weighted by Crippen LogP contribution is -2.62. The van der Waals surface area contributed by atoms with Crippen LogP contribution in [-0.2, 0) is 103 Å². The zero-order chi connectivity index (χ0) is 111. The lowest BCUT2D eigenvalue weighted by molar-refractivity contribution is -0.142. The number of rotatable bonds is 67. The van der Waals surface area contributed by atoms with E-state index in [9.17, 15) is 125 Å². The van der Waals surface area contributed by atoms with Crippen LogP contribution in [0.2, 0.25) is 0 Å². The number of carboxylic acids is 5. The maximum Gasteiger partial charge on any atom is 0.326 e.